The first-order valence-corrected chi connectivity index (χ1v) is 10.5. The van der Waals surface area contributed by atoms with E-state index in [1.54, 1.807) is 0 Å². The lowest BCUT2D eigenvalue weighted by molar-refractivity contribution is -0.148. The number of ether oxygens (including phenoxy) is 1. The van der Waals surface area contributed by atoms with E-state index < -0.39 is 24.2 Å². The molecule has 0 radical (unpaired) electrons. The molecule has 3 N–H and O–H groups in total. The van der Waals surface area contributed by atoms with Crippen LogP contribution in [0.25, 0.3) is 11.1 Å². The van der Waals surface area contributed by atoms with Crippen LogP contribution in [0, 0.1) is 0 Å². The average Bonchev–Trinajstić information content (AvgIpc) is 2.74. The number of amides is 1. The Morgan fingerprint density at radius 3 is 2.53 bits per heavy atom. The summed E-state index contributed by atoms with van der Waals surface area (Å²) in [5.41, 5.74) is 2.92. The van der Waals surface area contributed by atoms with E-state index in [0.717, 1.165) is 29.5 Å². The second-order valence-electron chi connectivity index (χ2n) is 7.56. The highest BCUT2D eigenvalue weighted by molar-refractivity contribution is 6.30. The van der Waals surface area contributed by atoms with E-state index in [4.69, 9.17) is 21.4 Å². The molecule has 2 aromatic carbocycles. The van der Waals surface area contributed by atoms with Crippen LogP contribution in [0.2, 0.25) is 5.02 Å². The maximum Gasteiger partial charge on any atom is 0.332 e. The predicted octanol–water partition coefficient (Wildman–Crippen LogP) is 3.44. The highest BCUT2D eigenvalue weighted by Gasteiger charge is 2.27. The fourth-order valence-electron chi connectivity index (χ4n) is 3.59. The molecule has 3 atom stereocenters. The van der Waals surface area contributed by atoms with Gasteiger partial charge < -0.3 is 20.3 Å². The summed E-state index contributed by atoms with van der Waals surface area (Å²) in [4.78, 5) is 23.6. The first-order valence-electron chi connectivity index (χ1n) is 10.1. The van der Waals surface area contributed by atoms with Crippen molar-refractivity contribution in [2.24, 2.45) is 0 Å². The summed E-state index contributed by atoms with van der Waals surface area (Å²) in [6, 6.07) is 14.8. The highest BCUT2D eigenvalue weighted by Crippen LogP contribution is 2.23. The van der Waals surface area contributed by atoms with Gasteiger partial charge in [0.25, 0.3) is 0 Å². The van der Waals surface area contributed by atoms with Crippen LogP contribution in [-0.4, -0.2) is 46.9 Å². The van der Waals surface area contributed by atoms with E-state index in [9.17, 15) is 14.7 Å². The van der Waals surface area contributed by atoms with Gasteiger partial charge in [0.15, 0.2) is 6.10 Å². The van der Waals surface area contributed by atoms with Crippen LogP contribution in [-0.2, 0) is 20.7 Å². The van der Waals surface area contributed by atoms with E-state index in [2.05, 4.69) is 5.32 Å². The van der Waals surface area contributed by atoms with Crippen molar-refractivity contribution in [1.82, 2.24) is 5.32 Å². The summed E-state index contributed by atoms with van der Waals surface area (Å²) in [6.45, 7) is 0.547. The molecule has 160 valence electrons. The van der Waals surface area contributed by atoms with Crippen molar-refractivity contribution in [3.8, 4) is 11.1 Å². The molecule has 6 nitrogen and oxygen atoms in total. The van der Waals surface area contributed by atoms with Crippen LogP contribution in [0.15, 0.2) is 48.5 Å². The minimum Gasteiger partial charge on any atom is -0.479 e. The fraction of sp³-hybridized carbons (Fsp3) is 0.391. The molecular weight excluding hydrogens is 406 g/mol. The van der Waals surface area contributed by atoms with Crippen LogP contribution in [0.3, 0.4) is 0 Å². The van der Waals surface area contributed by atoms with Crippen molar-refractivity contribution in [1.29, 1.82) is 0 Å². The minimum atomic E-state index is -1.55. The third-order valence-corrected chi connectivity index (χ3v) is 5.44. The van der Waals surface area contributed by atoms with Gasteiger partial charge in [0, 0.05) is 24.1 Å². The number of benzene rings is 2. The Kier molecular flexibility index (Phi) is 7.85. The third-order valence-electron chi connectivity index (χ3n) is 5.21. The molecule has 1 fully saturated rings. The zero-order chi connectivity index (χ0) is 21.5. The van der Waals surface area contributed by atoms with Gasteiger partial charge in [0.2, 0.25) is 5.91 Å². The van der Waals surface area contributed by atoms with E-state index >= 15 is 0 Å². The molecule has 30 heavy (non-hydrogen) atoms. The first kappa shape index (κ1) is 22.3. The number of nitrogens with one attached hydrogen (secondary N) is 1. The number of carboxylic acid groups (broad SMARTS) is 1. The maximum absolute atomic E-state index is 12.5. The predicted molar refractivity (Wildman–Crippen MR) is 114 cm³/mol. The van der Waals surface area contributed by atoms with Crippen LogP contribution in [0.4, 0.5) is 0 Å². The number of carbonyl (C=O) groups is 2. The third kappa shape index (κ3) is 6.29. The van der Waals surface area contributed by atoms with Gasteiger partial charge >= 0.3 is 5.97 Å². The fourth-order valence-corrected chi connectivity index (χ4v) is 3.78. The van der Waals surface area contributed by atoms with Crippen molar-refractivity contribution in [2.75, 3.05) is 6.61 Å². The van der Waals surface area contributed by atoms with Gasteiger partial charge in [0.05, 0.1) is 0 Å². The van der Waals surface area contributed by atoms with E-state index in [1.807, 2.05) is 48.5 Å². The summed E-state index contributed by atoms with van der Waals surface area (Å²) in [7, 11) is 0. The molecule has 3 rings (SSSR count). The summed E-state index contributed by atoms with van der Waals surface area (Å²) < 4.78 is 5.52. The molecular formula is C23H26ClNO5. The van der Waals surface area contributed by atoms with Crippen molar-refractivity contribution in [3.05, 3.63) is 59.1 Å². The van der Waals surface area contributed by atoms with E-state index in [0.29, 0.717) is 24.5 Å². The quantitative estimate of drug-likeness (QED) is 0.595. The standard InChI is InChI=1S/C23H26ClNO5/c24-18-5-3-4-17(13-18)16-9-7-15(8-10-16)12-19(14-20(26)23(28)29)25-22(27)21-6-1-2-11-30-21/h3-5,7-10,13,19-21,26H,1-2,6,11-12,14H2,(H,25,27)(H,28,29). The number of aliphatic hydroxyl groups excluding tert-OH is 1. The second-order valence-corrected chi connectivity index (χ2v) is 8.00. The largest absolute Gasteiger partial charge is 0.479 e. The molecule has 1 aliphatic rings. The first-order chi connectivity index (χ1) is 14.4. The maximum atomic E-state index is 12.5. The average molecular weight is 432 g/mol. The second kappa shape index (κ2) is 10.6. The summed E-state index contributed by atoms with van der Waals surface area (Å²) in [6.07, 6.45) is 0.758. The molecule has 3 unspecified atom stereocenters. The zero-order valence-electron chi connectivity index (χ0n) is 16.6. The molecule has 2 aromatic rings. The number of hydrogen-bond donors (Lipinski definition) is 3. The smallest absolute Gasteiger partial charge is 0.332 e. The molecule has 7 heteroatoms. The van der Waals surface area contributed by atoms with Gasteiger partial charge in [-0.05, 0) is 54.5 Å². The molecule has 1 aliphatic heterocycles. The number of aliphatic carboxylic acids is 1. The molecule has 0 aromatic heterocycles. The molecule has 0 aliphatic carbocycles. The van der Waals surface area contributed by atoms with Gasteiger partial charge in [-0.3, -0.25) is 4.79 Å². The van der Waals surface area contributed by atoms with Crippen LogP contribution < -0.4 is 5.32 Å². The van der Waals surface area contributed by atoms with Crippen LogP contribution >= 0.6 is 11.6 Å². The Hall–Kier alpha value is -2.41. The summed E-state index contributed by atoms with van der Waals surface area (Å²) in [5.74, 6) is -1.56. The van der Waals surface area contributed by atoms with E-state index in [1.165, 1.54) is 0 Å². The van der Waals surface area contributed by atoms with Crippen molar-refractivity contribution >= 4 is 23.5 Å². The number of carboxylic acids is 1. The molecule has 1 heterocycles. The monoisotopic (exact) mass is 431 g/mol. The number of halogens is 1. The lowest BCUT2D eigenvalue weighted by Gasteiger charge is -2.26. The van der Waals surface area contributed by atoms with Crippen molar-refractivity contribution in [2.45, 2.75) is 50.4 Å². The number of carbonyl (C=O) groups excluding carboxylic acids is 1. The molecule has 0 bridgehead atoms. The topological polar surface area (TPSA) is 95.9 Å². The molecule has 1 saturated heterocycles. The Morgan fingerprint density at radius 1 is 1.13 bits per heavy atom. The van der Waals surface area contributed by atoms with Crippen molar-refractivity contribution < 1.29 is 24.5 Å². The zero-order valence-corrected chi connectivity index (χ0v) is 17.3. The van der Waals surface area contributed by atoms with Gasteiger partial charge in [-0.2, -0.15) is 0 Å². The Labute approximate surface area is 180 Å². The van der Waals surface area contributed by atoms with Gasteiger partial charge in [-0.25, -0.2) is 4.79 Å². The van der Waals surface area contributed by atoms with Gasteiger partial charge in [-0.15, -0.1) is 0 Å². The SMILES string of the molecule is O=C(O)C(O)CC(Cc1ccc(-c2cccc(Cl)c2)cc1)NC(=O)C1CCCCO1. The number of aliphatic hydroxyl groups is 1. The normalized spacial score (nSPS) is 18.4. The molecule has 0 spiro atoms. The lowest BCUT2D eigenvalue weighted by atomic mass is 9.97. The van der Waals surface area contributed by atoms with Crippen LogP contribution in [0.1, 0.15) is 31.2 Å². The summed E-state index contributed by atoms with van der Waals surface area (Å²) in [5, 5.41) is 22.4. The van der Waals surface area contributed by atoms with Gasteiger partial charge in [0.1, 0.15) is 6.10 Å². The van der Waals surface area contributed by atoms with E-state index in [-0.39, 0.29) is 12.3 Å². The highest BCUT2D eigenvalue weighted by atomic mass is 35.5. The van der Waals surface area contributed by atoms with Crippen LogP contribution in [0.5, 0.6) is 0 Å². The Bertz CT molecular complexity index is 864. The lowest BCUT2D eigenvalue weighted by Crippen LogP contribution is -2.46. The molecule has 0 saturated carbocycles. The minimum absolute atomic E-state index is 0.0795. The van der Waals surface area contributed by atoms with Crippen molar-refractivity contribution in [3.63, 3.8) is 0 Å². The molecule has 1 amide bonds. The number of rotatable bonds is 8. The number of hydrogen-bond acceptors (Lipinski definition) is 4. The summed E-state index contributed by atoms with van der Waals surface area (Å²) >= 11 is 6.06. The Balaban J connectivity index is 1.69. The Morgan fingerprint density at radius 2 is 1.90 bits per heavy atom. The van der Waals surface area contributed by atoms with Gasteiger partial charge in [-0.1, -0.05) is 48.0 Å².